The highest BCUT2D eigenvalue weighted by Crippen LogP contribution is 2.08. The van der Waals surface area contributed by atoms with Crippen LogP contribution in [0, 0.1) is 12.7 Å². The van der Waals surface area contributed by atoms with Crippen LogP contribution in [0.25, 0.3) is 0 Å². The van der Waals surface area contributed by atoms with Crippen LogP contribution >= 0.6 is 0 Å². The number of aryl methyl sites for hydroxylation is 1. The van der Waals surface area contributed by atoms with E-state index in [0.717, 1.165) is 5.96 Å². The topological polar surface area (TPSA) is 47.9 Å². The van der Waals surface area contributed by atoms with Gasteiger partial charge < -0.3 is 15.1 Å². The summed E-state index contributed by atoms with van der Waals surface area (Å²) in [6.07, 6.45) is 0. The summed E-state index contributed by atoms with van der Waals surface area (Å²) in [5, 5.41) is 2.73. The number of rotatable bonds is 4. The number of aliphatic imine (C=N–C) groups is 1. The molecule has 1 rings (SSSR count). The van der Waals surface area contributed by atoms with Gasteiger partial charge in [0.1, 0.15) is 5.82 Å². The average molecular weight is 294 g/mol. The molecule has 0 spiro atoms. The molecule has 1 amide bonds. The van der Waals surface area contributed by atoms with Crippen molar-refractivity contribution in [3.05, 3.63) is 35.1 Å². The van der Waals surface area contributed by atoms with E-state index in [1.807, 2.05) is 38.0 Å². The van der Waals surface area contributed by atoms with Crippen molar-refractivity contribution in [3.8, 4) is 0 Å². The molecule has 0 aliphatic carbocycles. The van der Waals surface area contributed by atoms with E-state index in [2.05, 4.69) is 10.3 Å². The van der Waals surface area contributed by atoms with Gasteiger partial charge in [-0.3, -0.25) is 9.79 Å². The quantitative estimate of drug-likeness (QED) is 0.518. The highest BCUT2D eigenvalue weighted by atomic mass is 19.1. The molecule has 21 heavy (non-hydrogen) atoms. The van der Waals surface area contributed by atoms with Crippen molar-refractivity contribution in [2.75, 3.05) is 41.3 Å². The monoisotopic (exact) mass is 294 g/mol. The standard InChI is InChI=1S/C15H23FN4O/c1-11-6-7-12(10-13(11)16)14(21)17-8-9-18-15(19(2)3)20(4)5/h6-7,10H,8-9H2,1-5H3,(H,17,21). The van der Waals surface area contributed by atoms with Crippen LogP contribution < -0.4 is 5.32 Å². The zero-order chi connectivity index (χ0) is 16.0. The van der Waals surface area contributed by atoms with Crippen LogP contribution in [0.5, 0.6) is 0 Å². The van der Waals surface area contributed by atoms with E-state index in [-0.39, 0.29) is 11.7 Å². The Hall–Kier alpha value is -2.11. The van der Waals surface area contributed by atoms with Crippen LogP contribution in [0.1, 0.15) is 15.9 Å². The second-order valence-electron chi connectivity index (χ2n) is 5.19. The molecule has 0 saturated heterocycles. The van der Waals surface area contributed by atoms with Gasteiger partial charge >= 0.3 is 0 Å². The van der Waals surface area contributed by atoms with E-state index in [0.29, 0.717) is 24.2 Å². The van der Waals surface area contributed by atoms with Crippen molar-refractivity contribution in [1.82, 2.24) is 15.1 Å². The lowest BCUT2D eigenvalue weighted by molar-refractivity contribution is 0.0954. The zero-order valence-electron chi connectivity index (χ0n) is 13.3. The lowest BCUT2D eigenvalue weighted by Crippen LogP contribution is -2.36. The summed E-state index contributed by atoms with van der Waals surface area (Å²) in [6.45, 7) is 2.53. The smallest absolute Gasteiger partial charge is 0.251 e. The van der Waals surface area contributed by atoms with Crippen LogP contribution in [-0.4, -0.2) is 62.9 Å². The molecule has 0 bridgehead atoms. The third-order valence-electron chi connectivity index (χ3n) is 2.88. The Morgan fingerprint density at radius 1 is 1.24 bits per heavy atom. The van der Waals surface area contributed by atoms with Gasteiger partial charge in [0.25, 0.3) is 5.91 Å². The van der Waals surface area contributed by atoms with Gasteiger partial charge in [-0.1, -0.05) is 6.07 Å². The number of hydrogen-bond acceptors (Lipinski definition) is 2. The number of benzene rings is 1. The fraction of sp³-hybridized carbons (Fsp3) is 0.467. The SMILES string of the molecule is Cc1ccc(C(=O)NCCN=C(N(C)C)N(C)C)cc1F. The lowest BCUT2D eigenvalue weighted by atomic mass is 10.1. The van der Waals surface area contributed by atoms with Gasteiger partial charge in [-0.2, -0.15) is 0 Å². The Bertz CT molecular complexity index is 516. The summed E-state index contributed by atoms with van der Waals surface area (Å²) in [5.41, 5.74) is 0.847. The van der Waals surface area contributed by atoms with Gasteiger partial charge in [0.2, 0.25) is 0 Å². The maximum atomic E-state index is 13.4. The number of amides is 1. The van der Waals surface area contributed by atoms with Crippen molar-refractivity contribution in [2.45, 2.75) is 6.92 Å². The second kappa shape index (κ2) is 7.61. The Morgan fingerprint density at radius 2 is 1.86 bits per heavy atom. The predicted octanol–water partition coefficient (Wildman–Crippen LogP) is 1.34. The first-order valence-electron chi connectivity index (χ1n) is 6.76. The summed E-state index contributed by atoms with van der Waals surface area (Å²) >= 11 is 0. The fourth-order valence-electron chi connectivity index (χ4n) is 1.84. The zero-order valence-corrected chi connectivity index (χ0v) is 13.3. The van der Waals surface area contributed by atoms with Crippen LogP contribution in [0.4, 0.5) is 4.39 Å². The molecular formula is C15H23FN4O. The van der Waals surface area contributed by atoms with E-state index in [9.17, 15) is 9.18 Å². The van der Waals surface area contributed by atoms with E-state index >= 15 is 0 Å². The minimum atomic E-state index is -0.372. The highest BCUT2D eigenvalue weighted by Gasteiger charge is 2.08. The first-order valence-corrected chi connectivity index (χ1v) is 6.76. The van der Waals surface area contributed by atoms with E-state index < -0.39 is 0 Å². The molecule has 5 nitrogen and oxygen atoms in total. The maximum Gasteiger partial charge on any atom is 0.251 e. The summed E-state index contributed by atoms with van der Waals surface area (Å²) in [6, 6.07) is 4.46. The van der Waals surface area contributed by atoms with Gasteiger partial charge in [0.15, 0.2) is 5.96 Å². The van der Waals surface area contributed by atoms with Crippen molar-refractivity contribution in [1.29, 1.82) is 0 Å². The third kappa shape index (κ3) is 5.06. The number of hydrogen-bond donors (Lipinski definition) is 1. The summed E-state index contributed by atoms with van der Waals surface area (Å²) in [4.78, 5) is 20.1. The number of halogens is 1. The number of carbonyl (C=O) groups excluding carboxylic acids is 1. The molecule has 1 N–H and O–H groups in total. The molecule has 6 heteroatoms. The molecule has 0 saturated carbocycles. The predicted molar refractivity (Wildman–Crippen MR) is 83.1 cm³/mol. The van der Waals surface area contributed by atoms with Gasteiger partial charge in [0.05, 0.1) is 6.54 Å². The number of nitrogens with zero attached hydrogens (tertiary/aromatic N) is 3. The molecule has 0 aliphatic rings. The van der Waals surface area contributed by atoms with E-state index in [1.54, 1.807) is 19.1 Å². The molecule has 0 radical (unpaired) electrons. The van der Waals surface area contributed by atoms with Gasteiger partial charge in [-0.15, -0.1) is 0 Å². The average Bonchev–Trinajstić information content (AvgIpc) is 2.40. The fourth-order valence-corrected chi connectivity index (χ4v) is 1.84. The number of guanidine groups is 1. The first-order chi connectivity index (χ1) is 9.82. The lowest BCUT2D eigenvalue weighted by Gasteiger charge is -2.22. The van der Waals surface area contributed by atoms with Gasteiger partial charge in [0, 0.05) is 40.3 Å². The first kappa shape index (κ1) is 16.9. The molecule has 0 unspecified atom stereocenters. The molecular weight excluding hydrogens is 271 g/mol. The van der Waals surface area contributed by atoms with Crippen LogP contribution in [0.15, 0.2) is 23.2 Å². The van der Waals surface area contributed by atoms with Gasteiger partial charge in [-0.05, 0) is 24.6 Å². The molecule has 0 heterocycles. The molecule has 0 fully saturated rings. The highest BCUT2D eigenvalue weighted by molar-refractivity contribution is 5.94. The number of carbonyl (C=O) groups is 1. The Kier molecular flexibility index (Phi) is 6.14. The maximum absolute atomic E-state index is 13.4. The van der Waals surface area contributed by atoms with Crippen molar-refractivity contribution in [3.63, 3.8) is 0 Å². The Morgan fingerprint density at radius 3 is 2.38 bits per heavy atom. The molecule has 1 aromatic rings. The summed E-state index contributed by atoms with van der Waals surface area (Å²) in [5.74, 6) is 0.161. The minimum absolute atomic E-state index is 0.291. The van der Waals surface area contributed by atoms with E-state index in [1.165, 1.54) is 6.07 Å². The molecule has 0 atom stereocenters. The second-order valence-corrected chi connectivity index (χ2v) is 5.19. The molecule has 116 valence electrons. The minimum Gasteiger partial charge on any atom is -0.350 e. The van der Waals surface area contributed by atoms with E-state index in [4.69, 9.17) is 0 Å². The Labute approximate surface area is 125 Å². The summed E-state index contributed by atoms with van der Waals surface area (Å²) in [7, 11) is 7.64. The molecule has 0 aromatic heterocycles. The third-order valence-corrected chi connectivity index (χ3v) is 2.88. The van der Waals surface area contributed by atoms with Crippen LogP contribution in [-0.2, 0) is 0 Å². The van der Waals surface area contributed by atoms with Crippen molar-refractivity contribution in [2.24, 2.45) is 4.99 Å². The van der Waals surface area contributed by atoms with Crippen LogP contribution in [0.2, 0.25) is 0 Å². The largest absolute Gasteiger partial charge is 0.350 e. The van der Waals surface area contributed by atoms with Crippen LogP contribution in [0.3, 0.4) is 0 Å². The number of nitrogens with one attached hydrogen (secondary N) is 1. The van der Waals surface area contributed by atoms with Crippen molar-refractivity contribution >= 4 is 11.9 Å². The molecule has 0 aliphatic heterocycles. The normalized spacial score (nSPS) is 10.0. The Balaban J connectivity index is 2.54. The van der Waals surface area contributed by atoms with Crippen molar-refractivity contribution < 1.29 is 9.18 Å². The van der Waals surface area contributed by atoms with Gasteiger partial charge in [-0.25, -0.2) is 4.39 Å². The summed E-state index contributed by atoms with van der Waals surface area (Å²) < 4.78 is 13.4. The molecule has 1 aromatic carbocycles.